The van der Waals surface area contributed by atoms with Crippen molar-refractivity contribution < 1.29 is 4.79 Å². The van der Waals surface area contributed by atoms with Gasteiger partial charge in [0.2, 0.25) is 0 Å². The summed E-state index contributed by atoms with van der Waals surface area (Å²) in [5.41, 5.74) is 3.27. The van der Waals surface area contributed by atoms with Gasteiger partial charge in [0.15, 0.2) is 0 Å². The van der Waals surface area contributed by atoms with Crippen LogP contribution in [0.4, 0.5) is 5.69 Å². The summed E-state index contributed by atoms with van der Waals surface area (Å²) in [5, 5.41) is 3.34. The van der Waals surface area contributed by atoms with Crippen LogP contribution in [0.15, 0.2) is 18.2 Å². The van der Waals surface area contributed by atoms with Crippen molar-refractivity contribution in [3.8, 4) is 0 Å². The molecule has 0 spiro atoms. The minimum Gasteiger partial charge on any atom is -0.384 e. The van der Waals surface area contributed by atoms with Gasteiger partial charge in [0, 0.05) is 37.4 Å². The molecule has 114 valence electrons. The molecule has 0 saturated carbocycles. The molecule has 3 rings (SSSR count). The van der Waals surface area contributed by atoms with Crippen molar-refractivity contribution in [1.29, 1.82) is 0 Å². The molecule has 1 saturated heterocycles. The Morgan fingerprint density at radius 1 is 1.48 bits per heavy atom. The Morgan fingerprint density at radius 2 is 2.33 bits per heavy atom. The number of likely N-dealkylation sites (N-methyl/N-ethyl adjacent to an activating group) is 2. The van der Waals surface area contributed by atoms with Gasteiger partial charge < -0.3 is 10.2 Å². The third kappa shape index (κ3) is 2.91. The zero-order valence-electron chi connectivity index (χ0n) is 13.1. The number of rotatable bonds is 4. The van der Waals surface area contributed by atoms with E-state index in [1.165, 1.54) is 30.6 Å². The Labute approximate surface area is 127 Å². The number of hydrogen-bond acceptors (Lipinski definition) is 3. The summed E-state index contributed by atoms with van der Waals surface area (Å²) >= 11 is 0. The number of carbonyl (C=O) groups excluding carboxylic acids is 1. The van der Waals surface area contributed by atoms with Crippen molar-refractivity contribution in [2.24, 2.45) is 0 Å². The maximum Gasteiger partial charge on any atom is 0.253 e. The number of hydrogen-bond donors (Lipinski definition) is 1. The molecular weight excluding hydrogens is 262 g/mol. The fourth-order valence-corrected chi connectivity index (χ4v) is 3.58. The molecule has 1 amide bonds. The zero-order valence-corrected chi connectivity index (χ0v) is 13.1. The van der Waals surface area contributed by atoms with Crippen molar-refractivity contribution >= 4 is 11.6 Å². The van der Waals surface area contributed by atoms with Gasteiger partial charge in [-0.15, -0.1) is 0 Å². The second-order valence-corrected chi connectivity index (χ2v) is 6.16. The average Bonchev–Trinajstić information content (AvgIpc) is 3.13. The molecule has 1 unspecified atom stereocenters. The Balaban J connectivity index is 1.67. The normalized spacial score (nSPS) is 21.1. The van der Waals surface area contributed by atoms with Crippen LogP contribution in [0.2, 0.25) is 0 Å². The summed E-state index contributed by atoms with van der Waals surface area (Å²) in [7, 11) is 1.93. The first-order valence-corrected chi connectivity index (χ1v) is 8.05. The van der Waals surface area contributed by atoms with Gasteiger partial charge in [0.1, 0.15) is 0 Å². The molecular formula is C17H25N3O. The third-order valence-electron chi connectivity index (χ3n) is 4.80. The Hall–Kier alpha value is -1.55. The molecule has 1 atom stereocenters. The van der Waals surface area contributed by atoms with E-state index in [1.54, 1.807) is 0 Å². The standard InChI is InChI=1S/C17H25N3O/c1-3-20-10-4-5-15(20)12-19(2)17(21)14-6-7-16-13(11-14)8-9-18-16/h6-7,11,15,18H,3-5,8-10,12H2,1-2H3. The average molecular weight is 287 g/mol. The van der Waals surface area contributed by atoms with E-state index in [4.69, 9.17) is 0 Å². The van der Waals surface area contributed by atoms with Crippen molar-refractivity contribution in [3.05, 3.63) is 29.3 Å². The molecule has 2 heterocycles. The van der Waals surface area contributed by atoms with Crippen molar-refractivity contribution in [1.82, 2.24) is 9.80 Å². The van der Waals surface area contributed by atoms with E-state index < -0.39 is 0 Å². The third-order valence-corrected chi connectivity index (χ3v) is 4.80. The summed E-state index contributed by atoms with van der Waals surface area (Å²) in [4.78, 5) is 17.0. The lowest BCUT2D eigenvalue weighted by atomic mass is 10.1. The molecule has 1 N–H and O–H groups in total. The molecule has 4 nitrogen and oxygen atoms in total. The second kappa shape index (κ2) is 6.06. The van der Waals surface area contributed by atoms with Crippen LogP contribution in [0.1, 0.15) is 35.7 Å². The monoisotopic (exact) mass is 287 g/mol. The van der Waals surface area contributed by atoms with E-state index in [1.807, 2.05) is 24.1 Å². The molecule has 0 aromatic heterocycles. The van der Waals surface area contributed by atoms with Crippen LogP contribution < -0.4 is 5.32 Å². The number of likely N-dealkylation sites (tertiary alicyclic amines) is 1. The fourth-order valence-electron chi connectivity index (χ4n) is 3.58. The minimum absolute atomic E-state index is 0.146. The summed E-state index contributed by atoms with van der Waals surface area (Å²) in [6.45, 7) is 6.27. The van der Waals surface area contributed by atoms with Crippen LogP contribution in [-0.2, 0) is 6.42 Å². The number of fused-ring (bicyclic) bond motifs is 1. The molecule has 1 aromatic carbocycles. The van der Waals surface area contributed by atoms with Crippen LogP contribution in [0.25, 0.3) is 0 Å². The van der Waals surface area contributed by atoms with Crippen LogP contribution in [0.3, 0.4) is 0 Å². The molecule has 21 heavy (non-hydrogen) atoms. The quantitative estimate of drug-likeness (QED) is 0.922. The van der Waals surface area contributed by atoms with Crippen molar-refractivity contribution in [2.45, 2.75) is 32.2 Å². The van der Waals surface area contributed by atoms with Crippen LogP contribution in [0, 0.1) is 0 Å². The van der Waals surface area contributed by atoms with Gasteiger partial charge in [-0.1, -0.05) is 6.92 Å². The first kappa shape index (κ1) is 14.4. The van der Waals surface area contributed by atoms with Gasteiger partial charge in [-0.2, -0.15) is 0 Å². The zero-order chi connectivity index (χ0) is 14.8. The molecule has 0 bridgehead atoms. The first-order valence-electron chi connectivity index (χ1n) is 8.05. The van der Waals surface area contributed by atoms with E-state index in [2.05, 4.69) is 23.2 Å². The molecule has 1 aromatic rings. The highest BCUT2D eigenvalue weighted by molar-refractivity contribution is 5.95. The highest BCUT2D eigenvalue weighted by atomic mass is 16.2. The molecule has 1 fully saturated rings. The smallest absolute Gasteiger partial charge is 0.253 e. The highest BCUT2D eigenvalue weighted by Gasteiger charge is 2.26. The Bertz CT molecular complexity index is 529. The number of amides is 1. The van der Waals surface area contributed by atoms with E-state index in [9.17, 15) is 4.79 Å². The molecule has 0 radical (unpaired) electrons. The maximum atomic E-state index is 12.6. The molecule has 2 aliphatic heterocycles. The van der Waals surface area contributed by atoms with Crippen molar-refractivity contribution in [2.75, 3.05) is 38.5 Å². The summed E-state index contributed by atoms with van der Waals surface area (Å²) in [6.07, 6.45) is 3.48. The highest BCUT2D eigenvalue weighted by Crippen LogP contribution is 2.24. The van der Waals surface area contributed by atoms with E-state index in [0.29, 0.717) is 6.04 Å². The van der Waals surface area contributed by atoms with Gasteiger partial charge in [0.25, 0.3) is 5.91 Å². The maximum absolute atomic E-state index is 12.6. The largest absolute Gasteiger partial charge is 0.384 e. The van der Waals surface area contributed by atoms with Crippen LogP contribution >= 0.6 is 0 Å². The van der Waals surface area contributed by atoms with Gasteiger partial charge >= 0.3 is 0 Å². The Morgan fingerprint density at radius 3 is 3.14 bits per heavy atom. The van der Waals surface area contributed by atoms with Gasteiger partial charge in [0.05, 0.1) is 0 Å². The SMILES string of the molecule is CCN1CCCC1CN(C)C(=O)c1ccc2c(c1)CCN2. The minimum atomic E-state index is 0.146. The predicted octanol–water partition coefficient (Wildman–Crippen LogP) is 2.21. The number of carbonyl (C=O) groups is 1. The molecule has 4 heteroatoms. The van der Waals surface area contributed by atoms with Crippen LogP contribution in [-0.4, -0.2) is 55.0 Å². The van der Waals surface area contributed by atoms with E-state index in [0.717, 1.165) is 31.6 Å². The summed E-state index contributed by atoms with van der Waals surface area (Å²) in [6, 6.07) is 6.57. The summed E-state index contributed by atoms with van der Waals surface area (Å²) in [5.74, 6) is 0.146. The lowest BCUT2D eigenvalue weighted by Crippen LogP contribution is -2.41. The van der Waals surface area contributed by atoms with E-state index >= 15 is 0 Å². The first-order chi connectivity index (χ1) is 10.2. The van der Waals surface area contributed by atoms with Crippen molar-refractivity contribution in [3.63, 3.8) is 0 Å². The number of nitrogens with one attached hydrogen (secondary N) is 1. The fraction of sp³-hybridized carbons (Fsp3) is 0.588. The van der Waals surface area contributed by atoms with E-state index in [-0.39, 0.29) is 5.91 Å². The van der Waals surface area contributed by atoms with Gasteiger partial charge in [-0.05, 0) is 56.1 Å². The lowest BCUT2D eigenvalue weighted by molar-refractivity contribution is 0.0754. The Kier molecular flexibility index (Phi) is 4.15. The second-order valence-electron chi connectivity index (χ2n) is 6.16. The predicted molar refractivity (Wildman–Crippen MR) is 85.9 cm³/mol. The molecule has 0 aliphatic carbocycles. The lowest BCUT2D eigenvalue weighted by Gasteiger charge is -2.28. The number of benzene rings is 1. The molecule has 2 aliphatic rings. The van der Waals surface area contributed by atoms with Gasteiger partial charge in [-0.25, -0.2) is 0 Å². The van der Waals surface area contributed by atoms with Crippen LogP contribution in [0.5, 0.6) is 0 Å². The number of nitrogens with zero attached hydrogens (tertiary/aromatic N) is 2. The summed E-state index contributed by atoms with van der Waals surface area (Å²) < 4.78 is 0. The number of anilines is 1. The van der Waals surface area contributed by atoms with Gasteiger partial charge in [-0.3, -0.25) is 9.69 Å². The topological polar surface area (TPSA) is 35.6 Å².